The molecule has 2 heterocycles. The lowest BCUT2D eigenvalue weighted by atomic mass is 10.1. The first-order chi connectivity index (χ1) is 8.24. The second-order valence-electron chi connectivity index (χ2n) is 4.16. The molecule has 1 N–H and O–H groups in total. The average Bonchev–Trinajstić information content (AvgIpc) is 2.90. The summed E-state index contributed by atoms with van der Waals surface area (Å²) in [4.78, 5) is 7.14. The molecule has 0 amide bonds. The lowest BCUT2D eigenvalue weighted by Gasteiger charge is -2.17. The monoisotopic (exact) mass is 266 g/mol. The summed E-state index contributed by atoms with van der Waals surface area (Å²) in [6.45, 7) is 7.52. The van der Waals surface area contributed by atoms with Gasteiger partial charge < -0.3 is 5.32 Å². The summed E-state index contributed by atoms with van der Waals surface area (Å²) in [6.07, 6.45) is 1.15. The van der Waals surface area contributed by atoms with Crippen molar-refractivity contribution < 1.29 is 0 Å². The Labute approximate surface area is 111 Å². The quantitative estimate of drug-likeness (QED) is 0.887. The van der Waals surface area contributed by atoms with E-state index in [1.54, 1.807) is 11.3 Å². The van der Waals surface area contributed by atoms with Gasteiger partial charge in [0.25, 0.3) is 0 Å². The summed E-state index contributed by atoms with van der Waals surface area (Å²) >= 11 is 3.58. The van der Waals surface area contributed by atoms with E-state index in [9.17, 15) is 0 Å². The number of hydrogen-bond acceptors (Lipinski definition) is 4. The highest BCUT2D eigenvalue weighted by atomic mass is 32.1. The Balaban J connectivity index is 2.32. The van der Waals surface area contributed by atoms with Gasteiger partial charge in [0.05, 0.1) is 17.2 Å². The lowest BCUT2D eigenvalue weighted by Crippen LogP contribution is -2.22. The van der Waals surface area contributed by atoms with E-state index in [0.29, 0.717) is 6.04 Å². The summed E-state index contributed by atoms with van der Waals surface area (Å²) < 4.78 is 0. The maximum absolute atomic E-state index is 4.37. The molecule has 0 radical (unpaired) electrons. The molecule has 1 unspecified atom stereocenters. The molecule has 0 spiro atoms. The summed E-state index contributed by atoms with van der Waals surface area (Å²) in [5.74, 6) is 0. The molecule has 0 bridgehead atoms. The molecule has 17 heavy (non-hydrogen) atoms. The molecule has 0 aromatic carbocycles. The van der Waals surface area contributed by atoms with Crippen LogP contribution in [0.15, 0.2) is 17.0 Å². The van der Waals surface area contributed by atoms with Crippen molar-refractivity contribution in [3.8, 4) is 0 Å². The first-order valence-electron chi connectivity index (χ1n) is 5.91. The number of hydrogen-bond donors (Lipinski definition) is 1. The molecule has 2 nitrogen and oxygen atoms in total. The first-order valence-corrected chi connectivity index (χ1v) is 7.67. The van der Waals surface area contributed by atoms with Crippen LogP contribution in [0.4, 0.5) is 0 Å². The van der Waals surface area contributed by atoms with Crippen molar-refractivity contribution in [2.75, 3.05) is 6.54 Å². The zero-order valence-electron chi connectivity index (χ0n) is 10.5. The highest BCUT2D eigenvalue weighted by Crippen LogP contribution is 2.33. The van der Waals surface area contributed by atoms with Crippen molar-refractivity contribution in [2.45, 2.75) is 33.2 Å². The zero-order chi connectivity index (χ0) is 12.3. The van der Waals surface area contributed by atoms with E-state index in [1.165, 1.54) is 15.3 Å². The minimum Gasteiger partial charge on any atom is -0.305 e. The van der Waals surface area contributed by atoms with Gasteiger partial charge in [-0.25, -0.2) is 4.98 Å². The first kappa shape index (κ1) is 12.7. The van der Waals surface area contributed by atoms with E-state index >= 15 is 0 Å². The van der Waals surface area contributed by atoms with Crippen molar-refractivity contribution in [1.82, 2.24) is 10.3 Å². The van der Waals surface area contributed by atoms with E-state index in [1.807, 2.05) is 16.8 Å². The fourth-order valence-electron chi connectivity index (χ4n) is 1.86. The third-order valence-corrected chi connectivity index (χ3v) is 4.89. The zero-order valence-corrected chi connectivity index (χ0v) is 12.1. The van der Waals surface area contributed by atoms with Crippen molar-refractivity contribution in [3.05, 3.63) is 38.0 Å². The lowest BCUT2D eigenvalue weighted by molar-refractivity contribution is 0.608. The van der Waals surface area contributed by atoms with Gasteiger partial charge in [0.2, 0.25) is 0 Å². The number of aromatic nitrogens is 1. The normalized spacial score (nSPS) is 12.9. The third kappa shape index (κ3) is 2.76. The van der Waals surface area contributed by atoms with Crippen LogP contribution in [-0.2, 0) is 0 Å². The molecule has 4 heteroatoms. The average molecular weight is 266 g/mol. The van der Waals surface area contributed by atoms with Gasteiger partial charge in [0.15, 0.2) is 0 Å². The predicted octanol–water partition coefficient (Wildman–Crippen LogP) is 3.91. The Morgan fingerprint density at radius 1 is 1.29 bits per heavy atom. The molecule has 0 saturated heterocycles. The van der Waals surface area contributed by atoms with Gasteiger partial charge in [0, 0.05) is 9.75 Å². The van der Waals surface area contributed by atoms with E-state index in [-0.39, 0.29) is 0 Å². The Kier molecular flexibility index (Phi) is 4.31. The Morgan fingerprint density at radius 2 is 2.12 bits per heavy atom. The predicted molar refractivity (Wildman–Crippen MR) is 76.0 cm³/mol. The molecule has 2 rings (SSSR count). The van der Waals surface area contributed by atoms with Gasteiger partial charge >= 0.3 is 0 Å². The summed E-state index contributed by atoms with van der Waals surface area (Å²) in [6, 6.07) is 2.51. The van der Waals surface area contributed by atoms with Crippen LogP contribution in [0.5, 0.6) is 0 Å². The van der Waals surface area contributed by atoms with Crippen LogP contribution in [0.1, 0.15) is 40.4 Å². The van der Waals surface area contributed by atoms with Crippen molar-refractivity contribution in [2.24, 2.45) is 0 Å². The van der Waals surface area contributed by atoms with Gasteiger partial charge in [0.1, 0.15) is 0 Å². The number of nitrogens with zero attached hydrogens (tertiary/aromatic N) is 1. The molecule has 0 aliphatic heterocycles. The van der Waals surface area contributed by atoms with Crippen molar-refractivity contribution in [1.29, 1.82) is 0 Å². The van der Waals surface area contributed by atoms with Gasteiger partial charge in [-0.15, -0.1) is 22.7 Å². The van der Waals surface area contributed by atoms with E-state index in [2.05, 4.69) is 42.5 Å². The van der Waals surface area contributed by atoms with Crippen LogP contribution in [0.25, 0.3) is 0 Å². The smallest absolute Gasteiger partial charge is 0.0798 e. The maximum atomic E-state index is 4.37. The fourth-order valence-corrected chi connectivity index (χ4v) is 3.83. The van der Waals surface area contributed by atoms with Crippen molar-refractivity contribution in [3.63, 3.8) is 0 Å². The Hall–Kier alpha value is -0.710. The van der Waals surface area contributed by atoms with Crippen LogP contribution in [0.2, 0.25) is 0 Å². The number of rotatable bonds is 5. The second kappa shape index (κ2) is 5.76. The molecular weight excluding hydrogens is 248 g/mol. The molecule has 2 aromatic rings. The molecule has 2 aromatic heterocycles. The van der Waals surface area contributed by atoms with E-state index in [0.717, 1.165) is 18.7 Å². The maximum Gasteiger partial charge on any atom is 0.0798 e. The number of nitrogens with one attached hydrogen (secondary N) is 1. The van der Waals surface area contributed by atoms with E-state index < -0.39 is 0 Å². The highest BCUT2D eigenvalue weighted by Gasteiger charge is 2.20. The van der Waals surface area contributed by atoms with Gasteiger partial charge in [-0.1, -0.05) is 6.92 Å². The second-order valence-corrected chi connectivity index (χ2v) is 5.99. The SMILES string of the molecule is CCCNC(c1sccc1C)c1scnc1C. The topological polar surface area (TPSA) is 24.9 Å². The molecular formula is C13H18N2S2. The van der Waals surface area contributed by atoms with Gasteiger partial charge in [-0.05, 0) is 43.8 Å². The molecule has 0 aliphatic carbocycles. The Bertz CT molecular complexity index is 433. The summed E-state index contributed by atoms with van der Waals surface area (Å²) in [5, 5.41) is 5.81. The van der Waals surface area contributed by atoms with Crippen LogP contribution in [0, 0.1) is 13.8 Å². The molecule has 0 fully saturated rings. The number of thiazole rings is 1. The minimum absolute atomic E-state index is 0.322. The third-order valence-electron chi connectivity index (χ3n) is 2.81. The van der Waals surface area contributed by atoms with Crippen LogP contribution in [-0.4, -0.2) is 11.5 Å². The molecule has 0 saturated carbocycles. The molecule has 92 valence electrons. The number of aryl methyl sites for hydroxylation is 2. The summed E-state index contributed by atoms with van der Waals surface area (Å²) in [5.41, 5.74) is 4.46. The van der Waals surface area contributed by atoms with Crippen LogP contribution < -0.4 is 5.32 Å². The molecule has 1 atom stereocenters. The van der Waals surface area contributed by atoms with Crippen molar-refractivity contribution >= 4 is 22.7 Å². The fraction of sp³-hybridized carbons (Fsp3) is 0.462. The van der Waals surface area contributed by atoms with Gasteiger partial charge in [-0.3, -0.25) is 0 Å². The Morgan fingerprint density at radius 3 is 2.65 bits per heavy atom. The largest absolute Gasteiger partial charge is 0.305 e. The van der Waals surface area contributed by atoms with Gasteiger partial charge in [-0.2, -0.15) is 0 Å². The van der Waals surface area contributed by atoms with Crippen LogP contribution >= 0.6 is 22.7 Å². The van der Waals surface area contributed by atoms with E-state index in [4.69, 9.17) is 0 Å². The molecule has 0 aliphatic rings. The summed E-state index contributed by atoms with van der Waals surface area (Å²) in [7, 11) is 0. The standard InChI is InChI=1S/C13H18N2S2/c1-4-6-14-11(12-9(2)5-7-16-12)13-10(3)15-8-17-13/h5,7-8,11,14H,4,6H2,1-3H3. The van der Waals surface area contributed by atoms with Crippen LogP contribution in [0.3, 0.4) is 0 Å². The minimum atomic E-state index is 0.322. The highest BCUT2D eigenvalue weighted by molar-refractivity contribution is 7.11. The number of thiophene rings is 1.